The highest BCUT2D eigenvalue weighted by Gasteiger charge is 2.22. The van der Waals surface area contributed by atoms with E-state index in [1.807, 2.05) is 0 Å². The first-order valence-corrected chi connectivity index (χ1v) is 4.13. The van der Waals surface area contributed by atoms with Crippen molar-refractivity contribution in [2.45, 2.75) is 18.6 Å². The zero-order valence-corrected chi connectivity index (χ0v) is 8.20. The molecule has 0 aliphatic rings. The van der Waals surface area contributed by atoms with Crippen LogP contribution in [0.4, 0.5) is 4.79 Å². The minimum absolute atomic E-state index is 0.579. The molecule has 11 heavy (non-hydrogen) atoms. The average molecular weight is 196 g/mol. The maximum absolute atomic E-state index is 10.5. The monoisotopic (exact) mass is 195 g/mol. The molecule has 0 fully saturated rings. The van der Waals surface area contributed by atoms with Gasteiger partial charge in [-0.2, -0.15) is 0 Å². The SMILES string of the molecule is CN(SC(C)(C)C=O)C(=O)Cl. The van der Waals surface area contributed by atoms with Crippen molar-refractivity contribution in [1.29, 1.82) is 0 Å². The lowest BCUT2D eigenvalue weighted by Gasteiger charge is -2.21. The van der Waals surface area contributed by atoms with Gasteiger partial charge in [-0.05, 0) is 37.4 Å². The Balaban J connectivity index is 4.03. The zero-order chi connectivity index (χ0) is 9.07. The van der Waals surface area contributed by atoms with Gasteiger partial charge in [0, 0.05) is 7.05 Å². The molecule has 0 saturated heterocycles. The quantitative estimate of drug-likeness (QED) is 0.299. The molecular weight excluding hydrogens is 186 g/mol. The molecule has 5 heteroatoms. The fourth-order valence-electron chi connectivity index (χ4n) is 0.410. The minimum atomic E-state index is -0.598. The van der Waals surface area contributed by atoms with Gasteiger partial charge in [0.15, 0.2) is 0 Å². The Morgan fingerprint density at radius 2 is 2.09 bits per heavy atom. The fraction of sp³-hybridized carbons (Fsp3) is 0.667. The van der Waals surface area contributed by atoms with E-state index in [1.165, 1.54) is 11.4 Å². The van der Waals surface area contributed by atoms with Crippen LogP contribution in [0.5, 0.6) is 0 Å². The second kappa shape index (κ2) is 3.97. The summed E-state index contributed by atoms with van der Waals surface area (Å²) in [5.41, 5.74) is 0. The molecule has 1 amide bonds. The van der Waals surface area contributed by atoms with Gasteiger partial charge in [0.1, 0.15) is 6.29 Å². The molecule has 3 nitrogen and oxygen atoms in total. The predicted molar refractivity (Wildman–Crippen MR) is 46.7 cm³/mol. The van der Waals surface area contributed by atoms with E-state index < -0.39 is 10.1 Å². The maximum Gasteiger partial charge on any atom is 0.326 e. The van der Waals surface area contributed by atoms with E-state index in [0.717, 1.165) is 18.2 Å². The van der Waals surface area contributed by atoms with Gasteiger partial charge in [-0.3, -0.25) is 9.10 Å². The van der Waals surface area contributed by atoms with Crippen molar-refractivity contribution in [1.82, 2.24) is 4.31 Å². The Morgan fingerprint density at radius 1 is 1.64 bits per heavy atom. The molecule has 0 aliphatic carbocycles. The summed E-state index contributed by atoms with van der Waals surface area (Å²) in [6.07, 6.45) is 0.772. The van der Waals surface area contributed by atoms with E-state index in [-0.39, 0.29) is 0 Å². The van der Waals surface area contributed by atoms with Crippen LogP contribution in [0.1, 0.15) is 13.8 Å². The Bertz CT molecular complexity index is 172. The van der Waals surface area contributed by atoms with Crippen LogP contribution < -0.4 is 0 Å². The Morgan fingerprint density at radius 3 is 2.36 bits per heavy atom. The van der Waals surface area contributed by atoms with Gasteiger partial charge in [0.2, 0.25) is 0 Å². The van der Waals surface area contributed by atoms with Gasteiger partial charge in [0.25, 0.3) is 0 Å². The molecule has 0 aromatic heterocycles. The first-order chi connectivity index (χ1) is 4.89. The van der Waals surface area contributed by atoms with Crippen LogP contribution in [0.15, 0.2) is 0 Å². The smallest absolute Gasteiger partial charge is 0.302 e. The number of hydrogen-bond donors (Lipinski definition) is 0. The van der Waals surface area contributed by atoms with Crippen LogP contribution in [-0.2, 0) is 4.79 Å². The van der Waals surface area contributed by atoms with Gasteiger partial charge in [-0.15, -0.1) is 0 Å². The maximum atomic E-state index is 10.5. The molecule has 0 aliphatic heterocycles. The lowest BCUT2D eigenvalue weighted by molar-refractivity contribution is -0.109. The van der Waals surface area contributed by atoms with Crippen molar-refractivity contribution in [2.75, 3.05) is 7.05 Å². The number of rotatable bonds is 3. The van der Waals surface area contributed by atoms with Crippen molar-refractivity contribution in [3.05, 3.63) is 0 Å². The molecule has 0 aromatic rings. The summed E-state index contributed by atoms with van der Waals surface area (Å²) in [6, 6.07) is 0. The number of halogens is 1. The summed E-state index contributed by atoms with van der Waals surface area (Å²) in [6.45, 7) is 3.42. The third-order valence-corrected chi connectivity index (χ3v) is 2.26. The molecular formula is C6H10ClNO2S. The molecule has 0 atom stereocenters. The molecule has 0 rings (SSSR count). The minimum Gasteiger partial charge on any atom is -0.302 e. The van der Waals surface area contributed by atoms with Crippen molar-refractivity contribution in [2.24, 2.45) is 0 Å². The summed E-state index contributed by atoms with van der Waals surface area (Å²) in [7, 11) is 1.52. The highest BCUT2D eigenvalue weighted by Crippen LogP contribution is 2.25. The van der Waals surface area contributed by atoms with Gasteiger partial charge >= 0.3 is 5.37 Å². The van der Waals surface area contributed by atoms with Crippen molar-refractivity contribution < 1.29 is 9.59 Å². The number of carbonyl (C=O) groups is 2. The Labute approximate surface area is 75.2 Å². The Hall–Kier alpha value is -0.220. The second-order valence-electron chi connectivity index (χ2n) is 2.56. The molecule has 0 aromatic carbocycles. The van der Waals surface area contributed by atoms with E-state index in [2.05, 4.69) is 0 Å². The molecule has 0 radical (unpaired) electrons. The molecule has 0 unspecified atom stereocenters. The summed E-state index contributed by atoms with van der Waals surface area (Å²) in [5, 5.41) is -0.579. The number of hydrogen-bond acceptors (Lipinski definition) is 3. The van der Waals surface area contributed by atoms with E-state index in [0.29, 0.717) is 0 Å². The number of nitrogens with zero attached hydrogens (tertiary/aromatic N) is 1. The summed E-state index contributed by atoms with van der Waals surface area (Å²) >= 11 is 6.24. The molecule has 0 bridgehead atoms. The van der Waals surface area contributed by atoms with E-state index in [1.54, 1.807) is 13.8 Å². The summed E-state index contributed by atoms with van der Waals surface area (Å²) in [5.74, 6) is 0. The molecule has 0 spiro atoms. The average Bonchev–Trinajstić information content (AvgIpc) is 1.87. The van der Waals surface area contributed by atoms with Crippen LogP contribution in [0, 0.1) is 0 Å². The highest BCUT2D eigenvalue weighted by molar-refractivity contribution is 7.99. The van der Waals surface area contributed by atoms with E-state index in [9.17, 15) is 9.59 Å². The van der Waals surface area contributed by atoms with Crippen LogP contribution in [0.25, 0.3) is 0 Å². The summed E-state index contributed by atoms with van der Waals surface area (Å²) in [4.78, 5) is 20.9. The van der Waals surface area contributed by atoms with Crippen molar-refractivity contribution in [3.8, 4) is 0 Å². The van der Waals surface area contributed by atoms with E-state index >= 15 is 0 Å². The number of aldehydes is 1. The largest absolute Gasteiger partial charge is 0.326 e. The fourth-order valence-corrected chi connectivity index (χ4v) is 1.33. The number of amides is 1. The van der Waals surface area contributed by atoms with Crippen LogP contribution in [0.3, 0.4) is 0 Å². The van der Waals surface area contributed by atoms with Gasteiger partial charge in [-0.1, -0.05) is 0 Å². The van der Waals surface area contributed by atoms with Gasteiger partial charge < -0.3 is 4.79 Å². The summed E-state index contributed by atoms with van der Waals surface area (Å²) < 4.78 is 0.620. The second-order valence-corrected chi connectivity index (χ2v) is 4.67. The molecule has 0 N–H and O–H groups in total. The van der Waals surface area contributed by atoms with Gasteiger partial charge in [0.05, 0.1) is 4.75 Å². The third kappa shape index (κ3) is 4.27. The predicted octanol–water partition coefficient (Wildman–Crippen LogP) is 1.90. The standard InChI is InChI=1S/C6H10ClNO2S/c1-6(2,4-9)11-8(3)5(7)10/h4H,1-3H3. The normalized spacial score (nSPS) is 10.9. The van der Waals surface area contributed by atoms with Crippen molar-refractivity contribution >= 4 is 35.2 Å². The molecule has 0 saturated carbocycles. The van der Waals surface area contributed by atoms with Crippen LogP contribution in [0.2, 0.25) is 0 Å². The lowest BCUT2D eigenvalue weighted by Crippen LogP contribution is -2.25. The molecule has 64 valence electrons. The van der Waals surface area contributed by atoms with Gasteiger partial charge in [-0.25, -0.2) is 0 Å². The first-order valence-electron chi connectivity index (χ1n) is 2.98. The number of carbonyl (C=O) groups excluding carboxylic acids is 2. The van der Waals surface area contributed by atoms with Crippen molar-refractivity contribution in [3.63, 3.8) is 0 Å². The topological polar surface area (TPSA) is 37.4 Å². The Kier molecular flexibility index (Phi) is 3.89. The molecule has 0 heterocycles. The first kappa shape index (κ1) is 10.8. The van der Waals surface area contributed by atoms with E-state index in [4.69, 9.17) is 11.6 Å². The third-order valence-electron chi connectivity index (χ3n) is 0.904. The lowest BCUT2D eigenvalue weighted by atomic mass is 10.2. The highest BCUT2D eigenvalue weighted by atomic mass is 35.5. The van der Waals surface area contributed by atoms with Crippen LogP contribution >= 0.6 is 23.5 Å². The van der Waals surface area contributed by atoms with Crippen LogP contribution in [-0.4, -0.2) is 27.8 Å². The zero-order valence-electron chi connectivity index (χ0n) is 6.63.